The third kappa shape index (κ3) is 4.27. The third-order valence-electron chi connectivity index (χ3n) is 5.78. The fourth-order valence-corrected chi connectivity index (χ4v) is 5.09. The molecular formula is C23H28N6O3S. The Balaban J connectivity index is 1.33. The molecular weight excluding hydrogens is 440 g/mol. The number of ether oxygens (including phenoxy) is 2. The van der Waals surface area contributed by atoms with Crippen molar-refractivity contribution in [2.24, 2.45) is 7.05 Å². The highest BCUT2D eigenvalue weighted by Crippen LogP contribution is 2.35. The molecule has 33 heavy (non-hydrogen) atoms. The summed E-state index contributed by atoms with van der Waals surface area (Å²) in [6.07, 6.45) is 5.49. The topological polar surface area (TPSA) is 86.8 Å². The van der Waals surface area contributed by atoms with E-state index in [-0.39, 0.29) is 6.09 Å². The van der Waals surface area contributed by atoms with Gasteiger partial charge in [-0.25, -0.2) is 14.3 Å². The Morgan fingerprint density at radius 3 is 2.58 bits per heavy atom. The summed E-state index contributed by atoms with van der Waals surface area (Å²) < 4.78 is 14.7. The predicted octanol–water partition coefficient (Wildman–Crippen LogP) is 4.47. The number of benzene rings is 1. The van der Waals surface area contributed by atoms with Crippen LogP contribution in [0, 0.1) is 0 Å². The van der Waals surface area contributed by atoms with Gasteiger partial charge in [0.25, 0.3) is 0 Å². The van der Waals surface area contributed by atoms with Crippen molar-refractivity contribution in [2.75, 3.05) is 20.2 Å². The maximum Gasteiger partial charge on any atom is 0.410 e. The molecule has 4 heterocycles. The average molecular weight is 469 g/mol. The van der Waals surface area contributed by atoms with E-state index in [1.165, 1.54) is 0 Å². The Morgan fingerprint density at radius 1 is 1.15 bits per heavy atom. The van der Waals surface area contributed by atoms with Crippen LogP contribution in [0.1, 0.15) is 45.2 Å². The molecule has 0 atom stereocenters. The summed E-state index contributed by atoms with van der Waals surface area (Å²) in [7, 11) is 3.55. The summed E-state index contributed by atoms with van der Waals surface area (Å²) in [4.78, 5) is 19.8. The molecule has 1 amide bonds. The fraction of sp³-hybridized carbons (Fsp3) is 0.478. The van der Waals surface area contributed by atoms with Crippen molar-refractivity contribution in [2.45, 2.75) is 45.1 Å². The standard InChI is InChI=1S/C23H28N6O3S/c1-23(2,3)32-22(30)28-8-6-14(7-9-28)17-13-29-21(24-17)33-20(26-29)15-10-16-12-27(4)25-19(16)18(11-15)31-5/h10-14H,6-9H2,1-5H3. The highest BCUT2D eigenvalue weighted by molar-refractivity contribution is 7.19. The molecule has 5 rings (SSSR count). The first-order valence-electron chi connectivity index (χ1n) is 11.1. The lowest BCUT2D eigenvalue weighted by Gasteiger charge is -2.32. The lowest BCUT2D eigenvalue weighted by atomic mass is 9.94. The molecule has 174 valence electrons. The van der Waals surface area contributed by atoms with E-state index in [1.54, 1.807) is 28.0 Å². The molecule has 0 spiro atoms. The van der Waals surface area contributed by atoms with Crippen molar-refractivity contribution in [3.05, 3.63) is 30.2 Å². The number of carbonyl (C=O) groups is 1. The van der Waals surface area contributed by atoms with Gasteiger partial charge >= 0.3 is 6.09 Å². The second-order valence-electron chi connectivity index (χ2n) is 9.46. The van der Waals surface area contributed by atoms with E-state index in [4.69, 9.17) is 19.6 Å². The smallest absolute Gasteiger partial charge is 0.410 e. The molecule has 9 nitrogen and oxygen atoms in total. The monoisotopic (exact) mass is 468 g/mol. The summed E-state index contributed by atoms with van der Waals surface area (Å²) in [5.41, 5.74) is 2.38. The first kappa shape index (κ1) is 21.7. The lowest BCUT2D eigenvalue weighted by molar-refractivity contribution is 0.0204. The van der Waals surface area contributed by atoms with E-state index < -0.39 is 5.60 Å². The number of carbonyl (C=O) groups excluding carboxylic acids is 1. The van der Waals surface area contributed by atoms with Crippen LogP contribution in [0.25, 0.3) is 26.4 Å². The number of imidazole rings is 1. The number of aromatic nitrogens is 5. The van der Waals surface area contributed by atoms with E-state index in [0.29, 0.717) is 19.0 Å². The zero-order valence-corrected chi connectivity index (χ0v) is 20.3. The molecule has 1 aliphatic rings. The van der Waals surface area contributed by atoms with Gasteiger partial charge in [0.15, 0.2) is 0 Å². The highest BCUT2D eigenvalue weighted by atomic mass is 32.1. The number of fused-ring (bicyclic) bond motifs is 2. The van der Waals surface area contributed by atoms with E-state index in [9.17, 15) is 4.79 Å². The number of methoxy groups -OCH3 is 1. The maximum absolute atomic E-state index is 12.3. The molecule has 10 heteroatoms. The molecule has 1 aliphatic heterocycles. The Kier molecular flexibility index (Phi) is 5.27. The summed E-state index contributed by atoms with van der Waals surface area (Å²) in [5, 5.41) is 11.1. The van der Waals surface area contributed by atoms with Crippen LogP contribution in [-0.4, -0.2) is 61.2 Å². The number of piperidine rings is 1. The van der Waals surface area contributed by atoms with Gasteiger partial charge in [-0.3, -0.25) is 4.68 Å². The number of aryl methyl sites for hydroxylation is 1. The molecule has 1 fully saturated rings. The lowest BCUT2D eigenvalue weighted by Crippen LogP contribution is -2.41. The van der Waals surface area contributed by atoms with Gasteiger partial charge < -0.3 is 14.4 Å². The van der Waals surface area contributed by atoms with Crippen molar-refractivity contribution in [3.8, 4) is 16.3 Å². The Morgan fingerprint density at radius 2 is 1.91 bits per heavy atom. The SMILES string of the molecule is COc1cc(-c2nn3cc(C4CCN(C(=O)OC(C)(C)C)CC4)nc3s2)cc2cn(C)nc12. The summed E-state index contributed by atoms with van der Waals surface area (Å²) >= 11 is 1.55. The molecule has 1 saturated heterocycles. The minimum absolute atomic E-state index is 0.237. The van der Waals surface area contributed by atoms with E-state index in [0.717, 1.165) is 50.7 Å². The molecule has 0 saturated carbocycles. The Hall–Kier alpha value is -3.14. The molecule has 0 bridgehead atoms. The van der Waals surface area contributed by atoms with Crippen LogP contribution in [-0.2, 0) is 11.8 Å². The van der Waals surface area contributed by atoms with E-state index in [2.05, 4.69) is 11.2 Å². The fourth-order valence-electron chi connectivity index (χ4n) is 4.22. The van der Waals surface area contributed by atoms with Crippen molar-refractivity contribution in [3.63, 3.8) is 0 Å². The zero-order valence-electron chi connectivity index (χ0n) is 19.5. The maximum atomic E-state index is 12.3. The average Bonchev–Trinajstić information content (AvgIpc) is 3.43. The number of nitrogens with zero attached hydrogens (tertiary/aromatic N) is 6. The summed E-state index contributed by atoms with van der Waals surface area (Å²) in [6, 6.07) is 4.05. The number of likely N-dealkylation sites (tertiary alicyclic amines) is 1. The zero-order chi connectivity index (χ0) is 23.3. The number of hydrogen-bond acceptors (Lipinski definition) is 7. The van der Waals surface area contributed by atoms with Crippen molar-refractivity contribution in [1.29, 1.82) is 0 Å². The van der Waals surface area contributed by atoms with Crippen LogP contribution >= 0.6 is 11.3 Å². The van der Waals surface area contributed by atoms with E-state index in [1.807, 2.05) is 50.8 Å². The van der Waals surface area contributed by atoms with Crippen LogP contribution in [0.5, 0.6) is 5.75 Å². The summed E-state index contributed by atoms with van der Waals surface area (Å²) in [5.74, 6) is 1.04. The Bertz CT molecular complexity index is 1290. The van der Waals surface area contributed by atoms with Gasteiger partial charge in [0.1, 0.15) is 21.9 Å². The highest BCUT2D eigenvalue weighted by Gasteiger charge is 2.29. The van der Waals surface area contributed by atoms with Gasteiger partial charge in [-0.1, -0.05) is 11.3 Å². The van der Waals surface area contributed by atoms with Gasteiger partial charge in [-0.2, -0.15) is 10.2 Å². The van der Waals surface area contributed by atoms with Crippen LogP contribution in [0.3, 0.4) is 0 Å². The largest absolute Gasteiger partial charge is 0.494 e. The van der Waals surface area contributed by atoms with Gasteiger partial charge in [-0.15, -0.1) is 0 Å². The number of rotatable bonds is 3. The van der Waals surface area contributed by atoms with Crippen molar-refractivity contribution >= 4 is 33.3 Å². The molecule has 0 aliphatic carbocycles. The first-order valence-corrected chi connectivity index (χ1v) is 11.9. The van der Waals surface area contributed by atoms with Crippen LogP contribution < -0.4 is 4.74 Å². The molecule has 0 radical (unpaired) electrons. The van der Waals surface area contributed by atoms with Crippen LogP contribution in [0.4, 0.5) is 4.79 Å². The molecule has 0 N–H and O–H groups in total. The van der Waals surface area contributed by atoms with Crippen LogP contribution in [0.15, 0.2) is 24.5 Å². The quantitative estimate of drug-likeness (QED) is 0.441. The Labute approximate surface area is 195 Å². The predicted molar refractivity (Wildman–Crippen MR) is 127 cm³/mol. The molecule has 3 aromatic heterocycles. The molecule has 1 aromatic carbocycles. The minimum Gasteiger partial charge on any atom is -0.494 e. The van der Waals surface area contributed by atoms with Gasteiger partial charge in [0.05, 0.1) is 19.0 Å². The van der Waals surface area contributed by atoms with Gasteiger partial charge in [0.2, 0.25) is 4.96 Å². The normalized spacial score (nSPS) is 15.5. The third-order valence-corrected chi connectivity index (χ3v) is 6.75. The second kappa shape index (κ2) is 8.02. The van der Waals surface area contributed by atoms with E-state index >= 15 is 0 Å². The van der Waals surface area contributed by atoms with Gasteiger partial charge in [0, 0.05) is 43.2 Å². The first-order chi connectivity index (χ1) is 15.7. The minimum atomic E-state index is -0.475. The van der Waals surface area contributed by atoms with Crippen molar-refractivity contribution < 1.29 is 14.3 Å². The molecule has 4 aromatic rings. The van der Waals surface area contributed by atoms with Gasteiger partial charge in [-0.05, 0) is 45.7 Å². The van der Waals surface area contributed by atoms with Crippen molar-refractivity contribution in [1.82, 2.24) is 29.3 Å². The number of amides is 1. The second-order valence-corrected chi connectivity index (χ2v) is 10.4. The molecule has 0 unspecified atom stereocenters. The number of hydrogen-bond donors (Lipinski definition) is 0. The van der Waals surface area contributed by atoms with Crippen LogP contribution in [0.2, 0.25) is 0 Å². The summed E-state index contributed by atoms with van der Waals surface area (Å²) in [6.45, 7) is 7.02.